The van der Waals surface area contributed by atoms with Gasteiger partial charge in [0.05, 0.1) is 0 Å². The van der Waals surface area contributed by atoms with Crippen molar-refractivity contribution in [2.45, 2.75) is 45.6 Å². The summed E-state index contributed by atoms with van der Waals surface area (Å²) in [5, 5.41) is 2.71. The van der Waals surface area contributed by atoms with Crippen molar-refractivity contribution in [3.8, 4) is 12.3 Å². The summed E-state index contributed by atoms with van der Waals surface area (Å²) in [6, 6.07) is 0. The van der Waals surface area contributed by atoms with Crippen molar-refractivity contribution in [2.24, 2.45) is 11.8 Å². The lowest BCUT2D eigenvalue weighted by molar-refractivity contribution is -0.118. The molecule has 1 fully saturated rings. The van der Waals surface area contributed by atoms with E-state index >= 15 is 0 Å². The Morgan fingerprint density at radius 1 is 1.39 bits per heavy atom. The second-order valence-corrected chi connectivity index (χ2v) is 5.69. The van der Waals surface area contributed by atoms with Gasteiger partial charge in [0.1, 0.15) is 5.60 Å². The van der Waals surface area contributed by atoms with E-state index in [2.05, 4.69) is 11.2 Å². The lowest BCUT2D eigenvalue weighted by Crippen LogP contribution is -2.37. The normalized spacial score (nSPS) is 23.2. The van der Waals surface area contributed by atoms with E-state index in [0.29, 0.717) is 6.54 Å². The van der Waals surface area contributed by atoms with E-state index in [1.54, 1.807) is 0 Å². The summed E-state index contributed by atoms with van der Waals surface area (Å²) in [7, 11) is 0. The number of Topliss-reactive ketones (excluding diaryl/α,β-unsaturated/α-hetero) is 1. The number of terminal acetylenes is 1. The van der Waals surface area contributed by atoms with E-state index in [-0.39, 0.29) is 17.6 Å². The highest BCUT2D eigenvalue weighted by atomic mass is 16.6. The third kappa shape index (κ3) is 4.40. The molecule has 0 heterocycles. The predicted molar refractivity (Wildman–Crippen MR) is 68.9 cm³/mol. The van der Waals surface area contributed by atoms with Gasteiger partial charge in [-0.3, -0.25) is 4.79 Å². The lowest BCUT2D eigenvalue weighted by atomic mass is 9.92. The van der Waals surface area contributed by atoms with Gasteiger partial charge in [-0.05, 0) is 45.5 Å². The van der Waals surface area contributed by atoms with Crippen molar-refractivity contribution in [2.75, 3.05) is 6.54 Å². The zero-order chi connectivity index (χ0) is 13.8. The van der Waals surface area contributed by atoms with Crippen LogP contribution in [0.4, 0.5) is 4.79 Å². The van der Waals surface area contributed by atoms with Crippen LogP contribution in [-0.2, 0) is 9.53 Å². The van der Waals surface area contributed by atoms with E-state index in [9.17, 15) is 9.59 Å². The highest BCUT2D eigenvalue weighted by Gasteiger charge is 2.32. The van der Waals surface area contributed by atoms with E-state index in [4.69, 9.17) is 11.2 Å². The molecule has 1 aliphatic rings. The van der Waals surface area contributed by atoms with Crippen LogP contribution >= 0.6 is 0 Å². The smallest absolute Gasteiger partial charge is 0.407 e. The summed E-state index contributed by atoms with van der Waals surface area (Å²) >= 11 is 0. The standard InChI is InChI=1S/C14H21NO3/c1-5-12(16)11-8-6-7-10(11)9-15-13(17)18-14(2,3)4/h1,10-11H,6-9H2,2-4H3,(H,15,17)/t10-,11-/m0/s1. The van der Waals surface area contributed by atoms with Crippen LogP contribution in [0.5, 0.6) is 0 Å². The summed E-state index contributed by atoms with van der Waals surface area (Å²) in [5.74, 6) is 2.06. The number of rotatable bonds is 3. The molecule has 0 unspecified atom stereocenters. The maximum Gasteiger partial charge on any atom is 0.407 e. The molecule has 0 aromatic carbocycles. The Morgan fingerprint density at radius 2 is 2.06 bits per heavy atom. The number of alkyl carbamates (subject to hydrolysis) is 1. The number of hydrogen-bond donors (Lipinski definition) is 1. The van der Waals surface area contributed by atoms with Crippen LogP contribution in [-0.4, -0.2) is 24.0 Å². The zero-order valence-electron chi connectivity index (χ0n) is 11.3. The summed E-state index contributed by atoms with van der Waals surface area (Å²) in [6.45, 7) is 5.89. The molecule has 18 heavy (non-hydrogen) atoms. The van der Waals surface area contributed by atoms with Gasteiger partial charge in [-0.15, -0.1) is 6.42 Å². The molecular formula is C14H21NO3. The molecule has 4 heteroatoms. The van der Waals surface area contributed by atoms with Crippen LogP contribution in [0.15, 0.2) is 0 Å². The van der Waals surface area contributed by atoms with Gasteiger partial charge in [0.2, 0.25) is 5.78 Å². The third-order valence-electron chi connectivity index (χ3n) is 3.05. The molecule has 0 aromatic rings. The quantitative estimate of drug-likeness (QED) is 0.617. The highest BCUT2D eigenvalue weighted by molar-refractivity contribution is 5.97. The number of carbonyl (C=O) groups excluding carboxylic acids is 2. The minimum atomic E-state index is -0.506. The van der Waals surface area contributed by atoms with Gasteiger partial charge < -0.3 is 10.1 Å². The second kappa shape index (κ2) is 5.90. The first-order valence-corrected chi connectivity index (χ1v) is 6.31. The summed E-state index contributed by atoms with van der Waals surface area (Å²) < 4.78 is 5.14. The second-order valence-electron chi connectivity index (χ2n) is 5.69. The topological polar surface area (TPSA) is 55.4 Å². The van der Waals surface area contributed by atoms with Crippen molar-refractivity contribution in [1.82, 2.24) is 5.32 Å². The van der Waals surface area contributed by atoms with E-state index in [1.165, 1.54) is 0 Å². The van der Waals surface area contributed by atoms with Gasteiger partial charge in [-0.2, -0.15) is 0 Å². The first kappa shape index (κ1) is 14.6. The average Bonchev–Trinajstić information content (AvgIpc) is 2.71. The molecule has 0 aromatic heterocycles. The molecule has 2 atom stereocenters. The molecule has 1 rings (SSSR count). The minimum absolute atomic E-state index is 0.107. The monoisotopic (exact) mass is 251 g/mol. The Morgan fingerprint density at radius 3 is 2.61 bits per heavy atom. The van der Waals surface area contributed by atoms with Crippen LogP contribution in [0.3, 0.4) is 0 Å². The van der Waals surface area contributed by atoms with Gasteiger partial charge in [-0.1, -0.05) is 6.42 Å². The Hall–Kier alpha value is -1.50. The summed E-state index contributed by atoms with van der Waals surface area (Å²) in [6.07, 6.45) is 7.43. The average molecular weight is 251 g/mol. The molecule has 0 radical (unpaired) electrons. The molecule has 1 saturated carbocycles. The maximum absolute atomic E-state index is 11.5. The minimum Gasteiger partial charge on any atom is -0.444 e. The highest BCUT2D eigenvalue weighted by Crippen LogP contribution is 2.31. The number of amides is 1. The number of carbonyl (C=O) groups is 2. The molecule has 0 bridgehead atoms. The number of nitrogens with one attached hydrogen (secondary N) is 1. The largest absolute Gasteiger partial charge is 0.444 e. The SMILES string of the molecule is C#CC(=O)[C@H]1CCC[C@H]1CNC(=O)OC(C)(C)C. The van der Waals surface area contributed by atoms with Crippen LogP contribution < -0.4 is 5.32 Å². The van der Waals surface area contributed by atoms with Crippen LogP contribution in [0.25, 0.3) is 0 Å². The fraction of sp³-hybridized carbons (Fsp3) is 0.714. The Bertz CT molecular complexity index is 362. The van der Waals surface area contributed by atoms with Crippen molar-refractivity contribution in [3.05, 3.63) is 0 Å². The Kier molecular flexibility index (Phi) is 4.77. The first-order chi connectivity index (χ1) is 8.33. The van der Waals surface area contributed by atoms with Crippen molar-refractivity contribution in [3.63, 3.8) is 0 Å². The molecule has 1 aliphatic carbocycles. The Balaban J connectivity index is 2.41. The molecule has 0 aliphatic heterocycles. The van der Waals surface area contributed by atoms with Crippen molar-refractivity contribution < 1.29 is 14.3 Å². The molecule has 1 N–H and O–H groups in total. The van der Waals surface area contributed by atoms with E-state index in [0.717, 1.165) is 19.3 Å². The molecule has 1 amide bonds. The number of ether oxygens (including phenoxy) is 1. The fourth-order valence-corrected chi connectivity index (χ4v) is 2.26. The Labute approximate surface area is 108 Å². The van der Waals surface area contributed by atoms with E-state index < -0.39 is 11.7 Å². The van der Waals surface area contributed by atoms with Crippen LogP contribution in [0.1, 0.15) is 40.0 Å². The number of ketones is 1. The van der Waals surface area contributed by atoms with Crippen molar-refractivity contribution >= 4 is 11.9 Å². The molecule has 4 nitrogen and oxygen atoms in total. The van der Waals surface area contributed by atoms with Gasteiger partial charge in [0.25, 0.3) is 0 Å². The van der Waals surface area contributed by atoms with Gasteiger partial charge in [0, 0.05) is 12.5 Å². The molecular weight excluding hydrogens is 230 g/mol. The zero-order valence-corrected chi connectivity index (χ0v) is 11.3. The lowest BCUT2D eigenvalue weighted by Gasteiger charge is -2.22. The van der Waals surface area contributed by atoms with Gasteiger partial charge in [0.15, 0.2) is 0 Å². The van der Waals surface area contributed by atoms with Crippen molar-refractivity contribution in [1.29, 1.82) is 0 Å². The van der Waals surface area contributed by atoms with Crippen LogP contribution in [0.2, 0.25) is 0 Å². The van der Waals surface area contributed by atoms with Gasteiger partial charge in [-0.25, -0.2) is 4.79 Å². The first-order valence-electron chi connectivity index (χ1n) is 6.31. The maximum atomic E-state index is 11.5. The summed E-state index contributed by atoms with van der Waals surface area (Å²) in [5.41, 5.74) is -0.506. The molecule has 0 saturated heterocycles. The predicted octanol–water partition coefficient (Wildman–Crippen LogP) is 2.13. The third-order valence-corrected chi connectivity index (χ3v) is 3.05. The fourth-order valence-electron chi connectivity index (χ4n) is 2.26. The number of hydrogen-bond acceptors (Lipinski definition) is 3. The van der Waals surface area contributed by atoms with Crippen LogP contribution in [0, 0.1) is 24.2 Å². The molecule has 100 valence electrons. The molecule has 0 spiro atoms. The van der Waals surface area contributed by atoms with E-state index in [1.807, 2.05) is 20.8 Å². The summed E-state index contributed by atoms with van der Waals surface area (Å²) in [4.78, 5) is 23.0. The van der Waals surface area contributed by atoms with Gasteiger partial charge >= 0.3 is 6.09 Å².